The fourth-order valence-electron chi connectivity index (χ4n) is 7.43. The number of hydrogen-bond acceptors (Lipinski definition) is 27. The first kappa shape index (κ1) is 59.2. The van der Waals surface area contributed by atoms with Crippen molar-refractivity contribution in [3.8, 4) is 0 Å². The van der Waals surface area contributed by atoms with Gasteiger partial charge in [0.15, 0.2) is 25.2 Å². The predicted molar refractivity (Wildman–Crippen MR) is 213 cm³/mol. The number of aliphatic hydroxyl groups excluding tert-OH is 10. The SMILES string of the molecule is CC(=O)N[C@@H]1[C@@H](OP(=O)(O)O[C@H]2O[C@H](CO)[C@@H](O)[C@H](OP(=O)(O)O[C@H]3O[C@H](CO)[C@@H](O)[C@H](OP(=O)(O)O[C@H]4O[C@H](CO)[C@@H](O)[C@H](O)[C@H]4NC(C)=O)[C@H]3NC(C)=O)[C@H]2NC(C)=O)[C@H](O)[C@@H](CO)O[C@H]1O. The minimum Gasteiger partial charge on any atom is -0.394 e. The van der Waals surface area contributed by atoms with Crippen molar-refractivity contribution in [1.82, 2.24) is 21.3 Å². The van der Waals surface area contributed by atoms with Crippen molar-refractivity contribution in [2.24, 2.45) is 0 Å². The van der Waals surface area contributed by atoms with Gasteiger partial charge < -0.3 is 106 Å². The van der Waals surface area contributed by atoms with E-state index in [1.165, 1.54) is 0 Å². The zero-order valence-electron chi connectivity index (χ0n) is 36.5. The average Bonchev–Trinajstić information content (AvgIpc) is 3.23. The zero-order chi connectivity index (χ0) is 52.1. The number of carbonyl (C=O) groups excluding carboxylic acids is 4. The Morgan fingerprint density at radius 1 is 0.406 bits per heavy atom. The van der Waals surface area contributed by atoms with E-state index >= 15 is 0 Å². The van der Waals surface area contributed by atoms with E-state index in [1.807, 2.05) is 0 Å². The third-order valence-corrected chi connectivity index (χ3v) is 13.4. The highest BCUT2D eigenvalue weighted by Gasteiger charge is 2.57. The van der Waals surface area contributed by atoms with Gasteiger partial charge in [-0.2, -0.15) is 0 Å². The number of amides is 4. The Balaban J connectivity index is 1.65. The first-order valence-electron chi connectivity index (χ1n) is 20.3. The van der Waals surface area contributed by atoms with Crippen molar-refractivity contribution >= 4 is 47.1 Å². The van der Waals surface area contributed by atoms with E-state index < -0.39 is 196 Å². The maximum atomic E-state index is 13.9. The molecule has 400 valence electrons. The van der Waals surface area contributed by atoms with E-state index in [-0.39, 0.29) is 0 Å². The molecule has 0 saturated carbocycles. The third kappa shape index (κ3) is 15.3. The topological polar surface area (TPSA) is 523 Å². The van der Waals surface area contributed by atoms with Crippen molar-refractivity contribution in [1.29, 1.82) is 0 Å². The van der Waals surface area contributed by atoms with E-state index in [4.69, 9.17) is 46.1 Å². The zero-order valence-corrected chi connectivity index (χ0v) is 39.2. The Kier molecular flexibility index (Phi) is 21.1. The standard InChI is InChI=1S/C32H57N4O30P3/c1-9(41)33-17-25(49)21(45)13(5-37)58-30(17)64-68(53,54)62-27-19(35-11(3)43)32(60-15(7-39)23(27)47)66-69(55,56)63-28-20(36-12(4)44)31(59-16(8-40)24(28)48)65-67(51,52)61-26-18(34-10(2)42)29(50)57-14(6-38)22(26)46/h13-32,37-40,45-50H,5-8H2,1-4H3,(H,33,41)(H,34,42)(H,35,43)(H,36,44)(H,51,52)(H,53,54)(H,55,56)/t13-,14-,15-,16-,17-,18-,19-,20-,21-,22-,23-,24-,25-,26-,27-,28-,29-,30-,31-,32-/m1/s1. The van der Waals surface area contributed by atoms with Gasteiger partial charge in [-0.05, 0) is 0 Å². The molecule has 4 rings (SSSR count). The van der Waals surface area contributed by atoms with E-state index in [2.05, 4.69) is 21.3 Å². The molecule has 4 aliphatic heterocycles. The van der Waals surface area contributed by atoms with E-state index in [0.717, 1.165) is 27.7 Å². The summed E-state index contributed by atoms with van der Waals surface area (Å²) in [7, 11) is -17.6. The van der Waals surface area contributed by atoms with Gasteiger partial charge in [-0.1, -0.05) is 0 Å². The van der Waals surface area contributed by atoms with Crippen molar-refractivity contribution < 1.29 is 145 Å². The van der Waals surface area contributed by atoms with E-state index in [1.54, 1.807) is 0 Å². The molecule has 4 amide bonds. The Labute approximate surface area is 389 Å². The number of rotatable bonds is 20. The van der Waals surface area contributed by atoms with Crippen molar-refractivity contribution in [2.75, 3.05) is 26.4 Å². The van der Waals surface area contributed by atoms with Crippen LogP contribution in [-0.2, 0) is 79.0 Å². The number of aliphatic hydroxyl groups is 10. The quantitative estimate of drug-likeness (QED) is 0.0504. The van der Waals surface area contributed by atoms with Crippen LogP contribution >= 0.6 is 23.5 Å². The molecule has 4 aliphatic rings. The van der Waals surface area contributed by atoms with Crippen molar-refractivity contribution in [3.63, 3.8) is 0 Å². The van der Waals surface area contributed by atoms with Gasteiger partial charge in [0.1, 0.15) is 97.4 Å². The minimum atomic E-state index is -6.03. The van der Waals surface area contributed by atoms with Crippen LogP contribution in [0.15, 0.2) is 0 Å². The minimum absolute atomic E-state index is 0.823. The van der Waals surface area contributed by atoms with Crippen LogP contribution in [0.3, 0.4) is 0 Å². The summed E-state index contributed by atoms with van der Waals surface area (Å²) in [6.45, 7) is -0.944. The molecule has 0 spiro atoms. The first-order valence-corrected chi connectivity index (χ1v) is 24.8. The Bertz CT molecular complexity index is 1930. The van der Waals surface area contributed by atoms with Crippen LogP contribution in [0, 0.1) is 0 Å². The van der Waals surface area contributed by atoms with Crippen LogP contribution in [0.5, 0.6) is 0 Å². The predicted octanol–water partition coefficient (Wildman–Crippen LogP) is -8.82. The molecule has 0 radical (unpaired) electrons. The molecule has 4 fully saturated rings. The fourth-order valence-corrected chi connectivity index (χ4v) is 10.6. The Hall–Kier alpha value is -2.35. The molecule has 17 N–H and O–H groups in total. The fraction of sp³-hybridized carbons (Fsp3) is 0.875. The summed E-state index contributed by atoms with van der Waals surface area (Å²) in [5.41, 5.74) is 0. The first-order chi connectivity index (χ1) is 32.0. The summed E-state index contributed by atoms with van der Waals surface area (Å²) in [6, 6.07) is -8.10. The monoisotopic (exact) mass is 1070 g/mol. The van der Waals surface area contributed by atoms with Gasteiger partial charge in [0, 0.05) is 27.7 Å². The molecule has 3 unspecified atom stereocenters. The molecule has 0 aliphatic carbocycles. The van der Waals surface area contributed by atoms with Crippen LogP contribution in [0.4, 0.5) is 0 Å². The molecule has 0 aromatic carbocycles. The highest BCUT2D eigenvalue weighted by Crippen LogP contribution is 2.54. The van der Waals surface area contributed by atoms with Gasteiger partial charge in [0.05, 0.1) is 26.4 Å². The van der Waals surface area contributed by atoms with Crippen LogP contribution in [0.2, 0.25) is 0 Å². The summed E-state index contributed by atoms with van der Waals surface area (Å²) >= 11 is 0. The molecule has 69 heavy (non-hydrogen) atoms. The largest absolute Gasteiger partial charge is 0.475 e. The number of ether oxygens (including phenoxy) is 4. The summed E-state index contributed by atoms with van der Waals surface area (Å²) in [5.74, 6) is -3.93. The second-order valence-electron chi connectivity index (χ2n) is 15.7. The number of phosphoric ester groups is 3. The van der Waals surface area contributed by atoms with Crippen LogP contribution < -0.4 is 21.3 Å². The summed E-state index contributed by atoms with van der Waals surface area (Å²) in [4.78, 5) is 81.7. The molecule has 0 aromatic heterocycles. The Morgan fingerprint density at radius 2 is 0.667 bits per heavy atom. The number of nitrogens with one attached hydrogen (secondary N) is 4. The summed E-state index contributed by atoms with van der Waals surface area (Å²) < 4.78 is 92.8. The van der Waals surface area contributed by atoms with Crippen LogP contribution in [0.1, 0.15) is 27.7 Å². The van der Waals surface area contributed by atoms with E-state index in [9.17, 15) is 98.6 Å². The molecular formula is C32H57N4O30P3. The maximum Gasteiger partial charge on any atom is 0.475 e. The van der Waals surface area contributed by atoms with Crippen LogP contribution in [0.25, 0.3) is 0 Å². The number of phosphoric acid groups is 3. The number of hydrogen-bond donors (Lipinski definition) is 17. The lowest BCUT2D eigenvalue weighted by Crippen LogP contribution is -2.66. The normalized spacial score (nSPS) is 41.1. The van der Waals surface area contributed by atoms with E-state index in [0.29, 0.717) is 0 Å². The lowest BCUT2D eigenvalue weighted by Gasteiger charge is -2.46. The van der Waals surface area contributed by atoms with Crippen LogP contribution in [-0.4, -0.2) is 238 Å². The van der Waals surface area contributed by atoms with Crippen molar-refractivity contribution in [3.05, 3.63) is 0 Å². The smallest absolute Gasteiger partial charge is 0.394 e. The highest BCUT2D eigenvalue weighted by atomic mass is 31.2. The molecule has 4 heterocycles. The second-order valence-corrected chi connectivity index (χ2v) is 19.8. The molecule has 34 nitrogen and oxygen atoms in total. The molecule has 23 atom stereocenters. The molecule has 37 heteroatoms. The molecule has 0 aromatic rings. The van der Waals surface area contributed by atoms with Gasteiger partial charge in [-0.25, -0.2) is 13.7 Å². The second kappa shape index (κ2) is 24.6. The summed E-state index contributed by atoms with van der Waals surface area (Å²) in [6.07, 6.45) is -34.2. The maximum absolute atomic E-state index is 13.9. The summed E-state index contributed by atoms with van der Waals surface area (Å²) in [5, 5.41) is 112. The highest BCUT2D eigenvalue weighted by molar-refractivity contribution is 7.48. The lowest BCUT2D eigenvalue weighted by molar-refractivity contribution is -0.265. The van der Waals surface area contributed by atoms with Gasteiger partial charge in [0.2, 0.25) is 23.6 Å². The molecule has 0 bridgehead atoms. The lowest BCUT2D eigenvalue weighted by atomic mass is 9.97. The van der Waals surface area contributed by atoms with Gasteiger partial charge in [-0.15, -0.1) is 0 Å². The van der Waals surface area contributed by atoms with Gasteiger partial charge in [0.25, 0.3) is 0 Å². The van der Waals surface area contributed by atoms with Crippen molar-refractivity contribution in [2.45, 2.75) is 150 Å². The van der Waals surface area contributed by atoms with Gasteiger partial charge >= 0.3 is 23.5 Å². The Morgan fingerprint density at radius 3 is 0.986 bits per heavy atom. The molecular weight excluding hydrogens is 1010 g/mol. The molecule has 4 saturated heterocycles. The third-order valence-electron chi connectivity index (χ3n) is 10.4. The average molecular weight is 1070 g/mol. The number of carbonyl (C=O) groups is 4. The van der Waals surface area contributed by atoms with Gasteiger partial charge in [-0.3, -0.25) is 46.3 Å².